The highest BCUT2D eigenvalue weighted by atomic mass is 32.2. The molecule has 0 aromatic rings. The average Bonchev–Trinajstić information content (AvgIpc) is 2.79. The van der Waals surface area contributed by atoms with Gasteiger partial charge >= 0.3 is 0 Å². The second-order valence-electron chi connectivity index (χ2n) is 6.70. The van der Waals surface area contributed by atoms with Crippen molar-refractivity contribution < 1.29 is 13.2 Å². The third-order valence-electron chi connectivity index (χ3n) is 5.25. The maximum atomic E-state index is 12.1. The Balaban J connectivity index is 1.65. The molecule has 0 aliphatic carbocycles. The van der Waals surface area contributed by atoms with Crippen LogP contribution >= 0.6 is 0 Å². The number of rotatable bonds is 3. The summed E-state index contributed by atoms with van der Waals surface area (Å²) in [5.74, 6) is 0.399. The minimum absolute atomic E-state index is 0.0116. The van der Waals surface area contributed by atoms with Gasteiger partial charge in [0.25, 0.3) is 0 Å². The fraction of sp³-hybridized carbons (Fsp3) is 0.929. The first-order valence-corrected chi connectivity index (χ1v) is 9.56. The highest BCUT2D eigenvalue weighted by Crippen LogP contribution is 2.44. The third kappa shape index (κ3) is 2.83. The van der Waals surface area contributed by atoms with E-state index in [2.05, 4.69) is 10.2 Å². The summed E-state index contributed by atoms with van der Waals surface area (Å²) in [5.41, 5.74) is 0.143. The fourth-order valence-electron chi connectivity index (χ4n) is 4.07. The standard InChI is InChI=1S/C14H25N3O3S/c1-2-9-21(19,20)17-6-3-14(4-7-17)10-12-13(18)15-5-8-16(12)11-14/h12H,2-11H2,1H3,(H,15,18). The van der Waals surface area contributed by atoms with Crippen LogP contribution in [0.15, 0.2) is 0 Å². The number of fused-ring (bicyclic) bond motifs is 1. The van der Waals surface area contributed by atoms with Crippen molar-refractivity contribution in [2.75, 3.05) is 38.5 Å². The Morgan fingerprint density at radius 2 is 2.00 bits per heavy atom. The maximum Gasteiger partial charge on any atom is 0.237 e. The molecule has 3 heterocycles. The first-order chi connectivity index (χ1) is 9.96. The van der Waals surface area contributed by atoms with Crippen LogP contribution in [0.2, 0.25) is 0 Å². The Hall–Kier alpha value is -0.660. The van der Waals surface area contributed by atoms with E-state index >= 15 is 0 Å². The molecule has 0 saturated carbocycles. The number of hydrogen-bond donors (Lipinski definition) is 1. The van der Waals surface area contributed by atoms with E-state index in [-0.39, 0.29) is 23.1 Å². The van der Waals surface area contributed by atoms with Gasteiger partial charge in [-0.05, 0) is 31.1 Å². The number of sulfonamides is 1. The van der Waals surface area contributed by atoms with Crippen LogP contribution in [0.3, 0.4) is 0 Å². The molecule has 1 amide bonds. The first-order valence-electron chi connectivity index (χ1n) is 7.95. The molecule has 0 aromatic carbocycles. The lowest BCUT2D eigenvalue weighted by atomic mass is 9.77. The molecule has 3 aliphatic heterocycles. The summed E-state index contributed by atoms with van der Waals surface area (Å²) in [5, 5.41) is 2.94. The minimum atomic E-state index is -3.08. The quantitative estimate of drug-likeness (QED) is 0.797. The summed E-state index contributed by atoms with van der Waals surface area (Å²) in [6.45, 7) is 5.75. The second-order valence-corrected chi connectivity index (χ2v) is 8.78. The van der Waals surface area contributed by atoms with Crippen LogP contribution in [0.25, 0.3) is 0 Å². The predicted octanol–water partition coefficient (Wildman–Crippen LogP) is 0.0125. The van der Waals surface area contributed by atoms with Gasteiger partial charge in [-0.3, -0.25) is 9.69 Å². The summed E-state index contributed by atoms with van der Waals surface area (Å²) >= 11 is 0. The van der Waals surface area contributed by atoms with Gasteiger partial charge in [0.05, 0.1) is 11.8 Å². The van der Waals surface area contributed by atoms with Gasteiger partial charge in [0.1, 0.15) is 0 Å². The molecule has 1 unspecified atom stereocenters. The molecule has 7 heteroatoms. The number of carbonyl (C=O) groups is 1. The van der Waals surface area contributed by atoms with E-state index in [1.165, 1.54) is 0 Å². The summed E-state index contributed by atoms with van der Waals surface area (Å²) in [7, 11) is -3.08. The van der Waals surface area contributed by atoms with Crippen LogP contribution in [0.1, 0.15) is 32.6 Å². The van der Waals surface area contributed by atoms with Crippen molar-refractivity contribution in [3.63, 3.8) is 0 Å². The second kappa shape index (κ2) is 5.52. The molecule has 0 bridgehead atoms. The van der Waals surface area contributed by atoms with Crippen LogP contribution in [0.5, 0.6) is 0 Å². The van der Waals surface area contributed by atoms with E-state index in [1.807, 2.05) is 6.92 Å². The largest absolute Gasteiger partial charge is 0.353 e. The molecular formula is C14H25N3O3S. The summed E-state index contributed by atoms with van der Waals surface area (Å²) < 4.78 is 25.9. The predicted molar refractivity (Wildman–Crippen MR) is 80.3 cm³/mol. The van der Waals surface area contributed by atoms with Crippen LogP contribution < -0.4 is 5.32 Å². The minimum Gasteiger partial charge on any atom is -0.353 e. The molecule has 6 nitrogen and oxygen atoms in total. The number of piperidine rings is 1. The Kier molecular flexibility index (Phi) is 4.00. The molecule has 1 spiro atoms. The SMILES string of the molecule is CCCS(=O)(=O)N1CCC2(CC1)CC1C(=O)NCCN1C2. The summed E-state index contributed by atoms with van der Waals surface area (Å²) in [6, 6.07) is 0.0116. The summed E-state index contributed by atoms with van der Waals surface area (Å²) in [4.78, 5) is 14.2. The zero-order valence-electron chi connectivity index (χ0n) is 12.7. The Morgan fingerprint density at radius 3 is 2.62 bits per heavy atom. The van der Waals surface area contributed by atoms with Gasteiger partial charge < -0.3 is 5.32 Å². The van der Waals surface area contributed by atoms with Gasteiger partial charge in [-0.2, -0.15) is 0 Å². The van der Waals surface area contributed by atoms with E-state index in [9.17, 15) is 13.2 Å². The Labute approximate surface area is 126 Å². The summed E-state index contributed by atoms with van der Waals surface area (Å²) in [6.07, 6.45) is 3.33. The van der Waals surface area contributed by atoms with E-state index < -0.39 is 10.0 Å². The molecule has 21 heavy (non-hydrogen) atoms. The average molecular weight is 315 g/mol. The Bertz CT molecular complexity index is 512. The zero-order valence-corrected chi connectivity index (χ0v) is 13.5. The van der Waals surface area contributed by atoms with Gasteiger partial charge in [-0.25, -0.2) is 12.7 Å². The van der Waals surface area contributed by atoms with Crippen molar-refractivity contribution >= 4 is 15.9 Å². The van der Waals surface area contributed by atoms with Crippen molar-refractivity contribution in [3.05, 3.63) is 0 Å². The molecule has 0 radical (unpaired) electrons. The molecule has 1 atom stereocenters. The monoisotopic (exact) mass is 315 g/mol. The van der Waals surface area contributed by atoms with Gasteiger partial charge in [-0.1, -0.05) is 6.92 Å². The van der Waals surface area contributed by atoms with E-state index in [1.54, 1.807) is 4.31 Å². The van der Waals surface area contributed by atoms with Gasteiger partial charge in [0.2, 0.25) is 15.9 Å². The normalized spacial score (nSPS) is 30.3. The van der Waals surface area contributed by atoms with Crippen molar-refractivity contribution in [3.8, 4) is 0 Å². The van der Waals surface area contributed by atoms with E-state index in [0.717, 1.165) is 38.9 Å². The molecule has 3 fully saturated rings. The lowest BCUT2D eigenvalue weighted by Crippen LogP contribution is -2.52. The number of piperazine rings is 1. The van der Waals surface area contributed by atoms with Crippen molar-refractivity contribution in [1.29, 1.82) is 0 Å². The lowest BCUT2D eigenvalue weighted by Gasteiger charge is -2.38. The number of carbonyl (C=O) groups excluding carboxylic acids is 1. The molecular weight excluding hydrogens is 290 g/mol. The molecule has 120 valence electrons. The van der Waals surface area contributed by atoms with Crippen molar-refractivity contribution in [1.82, 2.24) is 14.5 Å². The van der Waals surface area contributed by atoms with Gasteiger partial charge in [-0.15, -0.1) is 0 Å². The molecule has 3 rings (SSSR count). The topological polar surface area (TPSA) is 69.7 Å². The van der Waals surface area contributed by atoms with Gasteiger partial charge in [0, 0.05) is 32.7 Å². The van der Waals surface area contributed by atoms with Crippen LogP contribution in [0.4, 0.5) is 0 Å². The number of amides is 1. The maximum absolute atomic E-state index is 12.1. The number of nitrogens with zero attached hydrogens (tertiary/aromatic N) is 2. The molecule has 1 N–H and O–H groups in total. The lowest BCUT2D eigenvalue weighted by molar-refractivity contribution is -0.127. The number of nitrogens with one attached hydrogen (secondary N) is 1. The van der Waals surface area contributed by atoms with Crippen LogP contribution in [-0.4, -0.2) is 68.0 Å². The molecule has 3 aliphatic rings. The zero-order chi connectivity index (χ0) is 15.1. The van der Waals surface area contributed by atoms with Crippen molar-refractivity contribution in [2.24, 2.45) is 5.41 Å². The van der Waals surface area contributed by atoms with Crippen LogP contribution in [0, 0.1) is 5.41 Å². The highest BCUT2D eigenvalue weighted by Gasteiger charge is 2.49. The molecule has 3 saturated heterocycles. The smallest absolute Gasteiger partial charge is 0.237 e. The number of hydrogen-bond acceptors (Lipinski definition) is 4. The Morgan fingerprint density at radius 1 is 1.29 bits per heavy atom. The third-order valence-corrected chi connectivity index (χ3v) is 7.32. The highest BCUT2D eigenvalue weighted by molar-refractivity contribution is 7.89. The first kappa shape index (κ1) is 15.2. The van der Waals surface area contributed by atoms with Crippen LogP contribution in [-0.2, 0) is 14.8 Å². The fourth-order valence-corrected chi connectivity index (χ4v) is 5.58. The van der Waals surface area contributed by atoms with E-state index in [0.29, 0.717) is 19.5 Å². The molecule has 0 aromatic heterocycles. The van der Waals surface area contributed by atoms with E-state index in [4.69, 9.17) is 0 Å². The van der Waals surface area contributed by atoms with Crippen molar-refractivity contribution in [2.45, 2.75) is 38.6 Å². The van der Waals surface area contributed by atoms with Gasteiger partial charge in [0.15, 0.2) is 0 Å².